The van der Waals surface area contributed by atoms with Crippen LogP contribution < -0.4 is 10.1 Å². The molecule has 1 N–H and O–H groups in total. The summed E-state index contributed by atoms with van der Waals surface area (Å²) in [5.41, 5.74) is 0.561. The highest BCUT2D eigenvalue weighted by atomic mass is 32.2. The number of anilines is 1. The Morgan fingerprint density at radius 3 is 2.35 bits per heavy atom. The highest BCUT2D eigenvalue weighted by Crippen LogP contribution is 2.21. The molecule has 0 spiro atoms. The first-order valence-corrected chi connectivity index (χ1v) is 10.7. The molecule has 3 aromatic rings. The molecule has 3 aromatic carbocycles. The molecule has 0 saturated heterocycles. The summed E-state index contributed by atoms with van der Waals surface area (Å²) in [6.07, 6.45) is 0. The molecule has 162 valence electrons. The van der Waals surface area contributed by atoms with Gasteiger partial charge in [-0.05, 0) is 42.0 Å². The fourth-order valence-corrected chi connectivity index (χ4v) is 3.90. The van der Waals surface area contributed by atoms with Crippen LogP contribution >= 0.6 is 0 Å². The smallest absolute Gasteiger partial charge is 0.262 e. The second-order valence-electron chi connectivity index (χ2n) is 6.68. The third-order valence-electron chi connectivity index (χ3n) is 4.35. The maximum absolute atomic E-state index is 13.6. The summed E-state index contributed by atoms with van der Waals surface area (Å²) in [6, 6.07) is 17.5. The largest absolute Gasteiger partial charge is 0.484 e. The van der Waals surface area contributed by atoms with Gasteiger partial charge >= 0.3 is 0 Å². The molecule has 31 heavy (non-hydrogen) atoms. The van der Waals surface area contributed by atoms with Crippen molar-refractivity contribution in [2.75, 3.05) is 19.0 Å². The van der Waals surface area contributed by atoms with E-state index in [4.69, 9.17) is 4.74 Å². The average molecular weight is 446 g/mol. The van der Waals surface area contributed by atoms with E-state index >= 15 is 0 Å². The monoisotopic (exact) mass is 446 g/mol. The van der Waals surface area contributed by atoms with Crippen LogP contribution in [0.4, 0.5) is 14.5 Å². The summed E-state index contributed by atoms with van der Waals surface area (Å²) in [4.78, 5) is 12.0. The maximum atomic E-state index is 13.6. The first kappa shape index (κ1) is 22.4. The first-order valence-electron chi connectivity index (χ1n) is 9.24. The molecule has 0 saturated carbocycles. The number of benzene rings is 3. The molecule has 0 aliphatic carbocycles. The second-order valence-corrected chi connectivity index (χ2v) is 8.72. The van der Waals surface area contributed by atoms with Crippen molar-refractivity contribution in [3.05, 3.63) is 90.0 Å². The average Bonchev–Trinajstić information content (AvgIpc) is 2.76. The van der Waals surface area contributed by atoms with Crippen molar-refractivity contribution in [1.29, 1.82) is 0 Å². The van der Waals surface area contributed by atoms with E-state index in [1.165, 1.54) is 35.6 Å². The predicted octanol–water partition coefficient (Wildman–Crippen LogP) is 3.80. The van der Waals surface area contributed by atoms with Crippen LogP contribution in [0.1, 0.15) is 5.56 Å². The first-order chi connectivity index (χ1) is 14.8. The van der Waals surface area contributed by atoms with E-state index in [0.717, 1.165) is 23.8 Å². The van der Waals surface area contributed by atoms with Crippen molar-refractivity contribution >= 4 is 21.6 Å². The number of ether oxygens (including phenoxy) is 1. The Labute approximate surface area is 179 Å². The van der Waals surface area contributed by atoms with E-state index < -0.39 is 34.2 Å². The van der Waals surface area contributed by atoms with Crippen molar-refractivity contribution in [2.24, 2.45) is 0 Å². The molecule has 0 bridgehead atoms. The summed E-state index contributed by atoms with van der Waals surface area (Å²) in [5.74, 6) is -1.90. The minimum absolute atomic E-state index is 0.0737. The van der Waals surface area contributed by atoms with Gasteiger partial charge in [-0.3, -0.25) is 4.79 Å². The molecule has 0 radical (unpaired) electrons. The van der Waals surface area contributed by atoms with Crippen LogP contribution in [-0.4, -0.2) is 32.3 Å². The number of amides is 1. The molecule has 0 heterocycles. The Morgan fingerprint density at radius 1 is 1.00 bits per heavy atom. The van der Waals surface area contributed by atoms with Crippen LogP contribution in [0, 0.1) is 11.6 Å². The lowest BCUT2D eigenvalue weighted by Gasteiger charge is -2.17. The highest BCUT2D eigenvalue weighted by Gasteiger charge is 2.21. The number of rotatable bonds is 8. The van der Waals surface area contributed by atoms with Crippen LogP contribution in [0.15, 0.2) is 77.7 Å². The highest BCUT2D eigenvalue weighted by molar-refractivity contribution is 7.89. The van der Waals surface area contributed by atoms with Crippen molar-refractivity contribution in [1.82, 2.24) is 4.31 Å². The van der Waals surface area contributed by atoms with Gasteiger partial charge in [0.05, 0.1) is 10.6 Å². The lowest BCUT2D eigenvalue weighted by molar-refractivity contribution is -0.118. The Kier molecular flexibility index (Phi) is 6.98. The Morgan fingerprint density at radius 2 is 1.68 bits per heavy atom. The van der Waals surface area contributed by atoms with Crippen molar-refractivity contribution in [3.8, 4) is 5.75 Å². The summed E-state index contributed by atoms with van der Waals surface area (Å²) in [5, 5.41) is 2.21. The lowest BCUT2D eigenvalue weighted by atomic mass is 10.2. The quantitative estimate of drug-likeness (QED) is 0.571. The molecule has 0 aliphatic rings. The fraction of sp³-hybridized carbons (Fsp3) is 0.136. The van der Waals surface area contributed by atoms with E-state index in [1.54, 1.807) is 0 Å². The zero-order chi connectivity index (χ0) is 22.4. The van der Waals surface area contributed by atoms with Gasteiger partial charge in [0.25, 0.3) is 5.91 Å². The summed E-state index contributed by atoms with van der Waals surface area (Å²) >= 11 is 0. The van der Waals surface area contributed by atoms with Crippen LogP contribution in [0.3, 0.4) is 0 Å². The van der Waals surface area contributed by atoms with E-state index in [2.05, 4.69) is 5.32 Å². The van der Waals surface area contributed by atoms with Gasteiger partial charge in [-0.2, -0.15) is 4.31 Å². The fourth-order valence-electron chi connectivity index (χ4n) is 2.74. The molecule has 0 unspecified atom stereocenters. The third kappa shape index (κ3) is 5.87. The number of hydrogen-bond donors (Lipinski definition) is 1. The molecule has 0 atom stereocenters. The molecular formula is C22H20F2N2O4S. The molecule has 3 rings (SSSR count). The number of halogens is 2. The number of sulfonamides is 1. The zero-order valence-corrected chi connectivity index (χ0v) is 17.4. The van der Waals surface area contributed by atoms with Crippen molar-refractivity contribution in [3.63, 3.8) is 0 Å². The minimum Gasteiger partial charge on any atom is -0.484 e. The van der Waals surface area contributed by atoms with Crippen LogP contribution in [0.2, 0.25) is 0 Å². The van der Waals surface area contributed by atoms with Gasteiger partial charge in [0.1, 0.15) is 17.4 Å². The van der Waals surface area contributed by atoms with E-state index in [1.807, 2.05) is 30.3 Å². The second kappa shape index (κ2) is 9.67. The van der Waals surface area contributed by atoms with Crippen LogP contribution in [-0.2, 0) is 21.4 Å². The Balaban J connectivity index is 1.59. The van der Waals surface area contributed by atoms with Gasteiger partial charge in [0, 0.05) is 19.7 Å². The number of carbonyl (C=O) groups excluding carboxylic acids is 1. The molecule has 0 aromatic heterocycles. The van der Waals surface area contributed by atoms with E-state index in [9.17, 15) is 22.0 Å². The molecule has 1 amide bonds. The van der Waals surface area contributed by atoms with Crippen molar-refractivity contribution < 1.29 is 26.7 Å². The van der Waals surface area contributed by atoms with Gasteiger partial charge in [-0.15, -0.1) is 0 Å². The number of hydrogen-bond acceptors (Lipinski definition) is 4. The number of nitrogens with one attached hydrogen (secondary N) is 1. The SMILES string of the molecule is CN(Cc1ccccc1)S(=O)(=O)c1ccc(OCC(=O)Nc2cc(F)ccc2F)cc1. The normalized spacial score (nSPS) is 11.4. The van der Waals surface area contributed by atoms with Crippen LogP contribution in [0.5, 0.6) is 5.75 Å². The summed E-state index contributed by atoms with van der Waals surface area (Å²) in [7, 11) is -2.22. The van der Waals surface area contributed by atoms with Gasteiger partial charge in [0.15, 0.2) is 6.61 Å². The predicted molar refractivity (Wildman–Crippen MR) is 112 cm³/mol. The van der Waals surface area contributed by atoms with Gasteiger partial charge < -0.3 is 10.1 Å². The summed E-state index contributed by atoms with van der Waals surface area (Å²) in [6.45, 7) is -0.242. The third-order valence-corrected chi connectivity index (χ3v) is 6.17. The molecule has 6 nitrogen and oxygen atoms in total. The lowest BCUT2D eigenvalue weighted by Crippen LogP contribution is -2.26. The van der Waals surface area contributed by atoms with Gasteiger partial charge in [0.2, 0.25) is 10.0 Å². The maximum Gasteiger partial charge on any atom is 0.262 e. The number of nitrogens with zero attached hydrogens (tertiary/aromatic N) is 1. The topological polar surface area (TPSA) is 75.7 Å². The number of carbonyl (C=O) groups is 1. The van der Waals surface area contributed by atoms with E-state index in [0.29, 0.717) is 0 Å². The van der Waals surface area contributed by atoms with Gasteiger partial charge in [-0.25, -0.2) is 17.2 Å². The molecule has 9 heteroatoms. The van der Waals surface area contributed by atoms with Crippen molar-refractivity contribution in [2.45, 2.75) is 11.4 Å². The van der Waals surface area contributed by atoms with Crippen LogP contribution in [0.25, 0.3) is 0 Å². The van der Waals surface area contributed by atoms with E-state index in [-0.39, 0.29) is 22.9 Å². The molecule has 0 fully saturated rings. The standard InChI is InChI=1S/C22H20F2N2O4S/c1-26(14-16-5-3-2-4-6-16)31(28,29)19-10-8-18(9-11-19)30-15-22(27)25-21-13-17(23)7-12-20(21)24/h2-13H,14-15H2,1H3,(H,25,27). The zero-order valence-electron chi connectivity index (χ0n) is 16.6. The molecule has 0 aliphatic heterocycles. The molecular weight excluding hydrogens is 426 g/mol. The Hall–Kier alpha value is -3.30. The Bertz CT molecular complexity index is 1150. The minimum atomic E-state index is -3.71. The van der Waals surface area contributed by atoms with Gasteiger partial charge in [-0.1, -0.05) is 30.3 Å². The summed E-state index contributed by atoms with van der Waals surface area (Å²) < 4.78 is 58.7.